The molecule has 0 aromatic heterocycles. The van der Waals surface area contributed by atoms with Crippen molar-refractivity contribution in [3.63, 3.8) is 0 Å². The zero-order valence-corrected chi connectivity index (χ0v) is 20.0. The molecular weight excluding hydrogens is 560 g/mol. The maximum absolute atomic E-state index is 15.4. The Morgan fingerprint density at radius 2 is 1.74 bits per heavy atom. The molecule has 2 aromatic rings. The Hall–Kier alpha value is -3.92. The minimum atomic E-state index is -1.52. The first kappa shape index (κ1) is 24.7. The van der Waals surface area contributed by atoms with Crippen molar-refractivity contribution in [1.29, 1.82) is 5.26 Å². The average Bonchev–Trinajstić information content (AvgIpc) is 2.84. The second-order valence-electron chi connectivity index (χ2n) is 6.90. The standard InChI is InChI=1S/C23H17FIN3O6/c1-33-22(31)16-15(11-6-4-3-5-7-11)13(10-26)20(27)28(19(16)23(32)34-2)18-12(21(29)30)8-9-14(25)17(18)24/h3-9,15H,27H2,1-2H3,(H,29,30). The summed E-state index contributed by atoms with van der Waals surface area (Å²) in [4.78, 5) is 38.7. The highest BCUT2D eigenvalue weighted by molar-refractivity contribution is 14.1. The van der Waals surface area contributed by atoms with Gasteiger partial charge in [-0.25, -0.2) is 18.8 Å². The highest BCUT2D eigenvalue weighted by atomic mass is 127. The van der Waals surface area contributed by atoms with Gasteiger partial charge in [0.05, 0.1) is 52.2 Å². The van der Waals surface area contributed by atoms with Crippen molar-refractivity contribution in [3.05, 3.63) is 85.6 Å². The number of nitriles is 1. The Labute approximate surface area is 207 Å². The number of hydrogen-bond acceptors (Lipinski definition) is 8. The fourth-order valence-electron chi connectivity index (χ4n) is 3.68. The van der Waals surface area contributed by atoms with E-state index in [1.165, 1.54) is 6.07 Å². The Morgan fingerprint density at radius 1 is 1.12 bits per heavy atom. The van der Waals surface area contributed by atoms with Crippen LogP contribution in [0, 0.1) is 20.7 Å². The van der Waals surface area contributed by atoms with Crippen molar-refractivity contribution in [1.82, 2.24) is 0 Å². The summed E-state index contributed by atoms with van der Waals surface area (Å²) in [6.45, 7) is 0. The lowest BCUT2D eigenvalue weighted by Gasteiger charge is -2.36. The SMILES string of the molecule is COC(=O)C1=C(C(=O)OC)N(c2c(C(=O)O)ccc(I)c2F)C(N)=C(C#N)C1c1ccccc1. The molecule has 1 aliphatic heterocycles. The quantitative estimate of drug-likeness (QED) is 0.405. The van der Waals surface area contributed by atoms with E-state index in [9.17, 15) is 24.8 Å². The maximum atomic E-state index is 15.4. The van der Waals surface area contributed by atoms with Crippen LogP contribution in [0.5, 0.6) is 0 Å². The molecule has 0 spiro atoms. The Morgan fingerprint density at radius 3 is 2.26 bits per heavy atom. The molecule has 0 aliphatic carbocycles. The first-order chi connectivity index (χ1) is 16.2. The van der Waals surface area contributed by atoms with Crippen LogP contribution >= 0.6 is 22.6 Å². The number of hydrogen-bond donors (Lipinski definition) is 2. The molecule has 0 amide bonds. The van der Waals surface area contributed by atoms with Crippen LogP contribution in [0.3, 0.4) is 0 Å². The van der Waals surface area contributed by atoms with Crippen LogP contribution in [0.1, 0.15) is 21.8 Å². The Bertz CT molecular complexity index is 1300. The molecule has 9 nitrogen and oxygen atoms in total. The number of carbonyl (C=O) groups is 3. The molecule has 2 aromatic carbocycles. The van der Waals surface area contributed by atoms with E-state index >= 15 is 4.39 Å². The Balaban J connectivity index is 2.54. The number of benzene rings is 2. The molecule has 1 unspecified atom stereocenters. The van der Waals surface area contributed by atoms with Gasteiger partial charge in [0, 0.05) is 0 Å². The molecule has 0 saturated carbocycles. The number of carbonyl (C=O) groups excluding carboxylic acids is 2. The highest BCUT2D eigenvalue weighted by Crippen LogP contribution is 2.45. The zero-order valence-electron chi connectivity index (χ0n) is 17.8. The molecule has 0 radical (unpaired) electrons. The van der Waals surface area contributed by atoms with Crippen LogP contribution in [-0.4, -0.2) is 37.2 Å². The number of nitrogens with zero attached hydrogens (tertiary/aromatic N) is 2. The van der Waals surface area contributed by atoms with Gasteiger partial charge in [0.15, 0.2) is 5.82 Å². The fourth-order valence-corrected chi connectivity index (χ4v) is 4.11. The van der Waals surface area contributed by atoms with Gasteiger partial charge in [-0.15, -0.1) is 0 Å². The summed E-state index contributed by atoms with van der Waals surface area (Å²) in [7, 11) is 2.10. The normalized spacial score (nSPS) is 15.6. The number of rotatable bonds is 5. The van der Waals surface area contributed by atoms with Gasteiger partial charge < -0.3 is 20.3 Å². The van der Waals surface area contributed by atoms with Crippen molar-refractivity contribution >= 4 is 46.2 Å². The number of methoxy groups -OCH3 is 2. The summed E-state index contributed by atoms with van der Waals surface area (Å²) < 4.78 is 25.2. The van der Waals surface area contributed by atoms with Crippen molar-refractivity contribution in [2.45, 2.75) is 5.92 Å². The number of carboxylic acid groups (broad SMARTS) is 1. The average molecular weight is 577 g/mol. The summed E-state index contributed by atoms with van der Waals surface area (Å²) in [5.41, 5.74) is 4.39. The summed E-state index contributed by atoms with van der Waals surface area (Å²) in [6, 6.07) is 12.5. The lowest BCUT2D eigenvalue weighted by atomic mass is 9.80. The topological polar surface area (TPSA) is 143 Å². The summed E-state index contributed by atoms with van der Waals surface area (Å²) in [6.07, 6.45) is 0. The zero-order chi connectivity index (χ0) is 25.2. The molecule has 0 saturated heterocycles. The van der Waals surface area contributed by atoms with Gasteiger partial charge in [-0.3, -0.25) is 4.90 Å². The lowest BCUT2D eigenvalue weighted by Crippen LogP contribution is -2.41. The molecule has 1 atom stereocenters. The van der Waals surface area contributed by atoms with Gasteiger partial charge in [-0.2, -0.15) is 5.26 Å². The van der Waals surface area contributed by atoms with Crippen LogP contribution in [0.2, 0.25) is 0 Å². The number of aromatic carboxylic acids is 1. The molecule has 11 heteroatoms. The first-order valence-electron chi connectivity index (χ1n) is 9.56. The highest BCUT2D eigenvalue weighted by Gasteiger charge is 2.44. The van der Waals surface area contributed by atoms with Gasteiger partial charge in [0.2, 0.25) is 0 Å². The number of halogens is 2. The molecule has 1 heterocycles. The van der Waals surface area contributed by atoms with Gasteiger partial charge >= 0.3 is 17.9 Å². The number of allylic oxidation sites excluding steroid dienone is 1. The van der Waals surface area contributed by atoms with E-state index in [-0.39, 0.29) is 14.7 Å². The molecule has 174 valence electrons. The third-order valence-electron chi connectivity index (χ3n) is 5.13. The second-order valence-corrected chi connectivity index (χ2v) is 8.06. The molecular formula is C23H17FIN3O6. The van der Waals surface area contributed by atoms with Gasteiger partial charge in [-0.1, -0.05) is 30.3 Å². The van der Waals surface area contributed by atoms with Crippen LogP contribution in [-0.2, 0) is 19.1 Å². The number of carboxylic acids is 1. The minimum absolute atomic E-state index is 0.0120. The van der Waals surface area contributed by atoms with Gasteiger partial charge in [0.1, 0.15) is 11.5 Å². The smallest absolute Gasteiger partial charge is 0.355 e. The lowest BCUT2D eigenvalue weighted by molar-refractivity contribution is -0.139. The predicted octanol–water partition coefficient (Wildman–Crippen LogP) is 3.03. The number of esters is 2. The van der Waals surface area contributed by atoms with Crippen molar-refractivity contribution in [3.8, 4) is 6.07 Å². The molecule has 3 N–H and O–H groups in total. The van der Waals surface area contributed by atoms with E-state index < -0.39 is 52.4 Å². The summed E-state index contributed by atoms with van der Waals surface area (Å²) >= 11 is 1.64. The molecule has 34 heavy (non-hydrogen) atoms. The van der Waals surface area contributed by atoms with Gasteiger partial charge in [-0.05, 0) is 40.3 Å². The van der Waals surface area contributed by atoms with Crippen LogP contribution in [0.25, 0.3) is 0 Å². The minimum Gasteiger partial charge on any atom is -0.478 e. The molecule has 1 aliphatic rings. The molecule has 0 bridgehead atoms. The van der Waals surface area contributed by atoms with E-state index in [2.05, 4.69) is 0 Å². The monoisotopic (exact) mass is 577 g/mol. The van der Waals surface area contributed by atoms with E-state index in [4.69, 9.17) is 15.2 Å². The third-order valence-corrected chi connectivity index (χ3v) is 5.97. The summed E-state index contributed by atoms with van der Waals surface area (Å²) in [5.74, 6) is -6.27. The van der Waals surface area contributed by atoms with Crippen molar-refractivity contribution in [2.24, 2.45) is 5.73 Å². The van der Waals surface area contributed by atoms with E-state index in [1.807, 2.05) is 6.07 Å². The van der Waals surface area contributed by atoms with Crippen molar-refractivity contribution in [2.75, 3.05) is 19.1 Å². The maximum Gasteiger partial charge on any atom is 0.355 e. The number of nitrogens with two attached hydrogens (primary N) is 1. The largest absolute Gasteiger partial charge is 0.478 e. The summed E-state index contributed by atoms with van der Waals surface area (Å²) in [5, 5.41) is 19.7. The second kappa shape index (κ2) is 9.92. The van der Waals surface area contributed by atoms with E-state index in [0.29, 0.717) is 5.56 Å². The number of ether oxygens (including phenoxy) is 2. The molecule has 3 rings (SSSR count). The van der Waals surface area contributed by atoms with E-state index in [0.717, 1.165) is 25.2 Å². The fraction of sp³-hybridized carbons (Fsp3) is 0.130. The van der Waals surface area contributed by atoms with Crippen LogP contribution < -0.4 is 10.6 Å². The predicted molar refractivity (Wildman–Crippen MR) is 126 cm³/mol. The van der Waals surface area contributed by atoms with E-state index in [1.54, 1.807) is 52.9 Å². The Kier molecular flexibility index (Phi) is 7.21. The number of anilines is 1. The third kappa shape index (κ3) is 4.08. The van der Waals surface area contributed by atoms with Gasteiger partial charge in [0.25, 0.3) is 0 Å². The van der Waals surface area contributed by atoms with Crippen LogP contribution in [0.15, 0.2) is 65.1 Å². The first-order valence-corrected chi connectivity index (χ1v) is 10.6. The molecule has 0 fully saturated rings. The van der Waals surface area contributed by atoms with Crippen molar-refractivity contribution < 1.29 is 33.4 Å². The van der Waals surface area contributed by atoms with Crippen LogP contribution in [0.4, 0.5) is 10.1 Å².